The van der Waals surface area contributed by atoms with Crippen LogP contribution in [0.1, 0.15) is 50.7 Å². The molecule has 19 heavy (non-hydrogen) atoms. The minimum absolute atomic E-state index is 0.386. The van der Waals surface area contributed by atoms with Crippen LogP contribution in [-0.4, -0.2) is 13.1 Å². The largest absolute Gasteiger partial charge is 0.316 e. The normalized spacial score (nSPS) is 28.7. The van der Waals surface area contributed by atoms with Crippen LogP contribution < -0.4 is 5.32 Å². The Morgan fingerprint density at radius 1 is 1.37 bits per heavy atom. The SMILES string of the molecule is CCC.Cc1ccc(C23CCCC2CNC3)cc1Cl. The van der Waals surface area contributed by atoms with Gasteiger partial charge in [0, 0.05) is 17.0 Å². The molecule has 2 atom stereocenters. The molecule has 1 N–H and O–H groups in total. The fourth-order valence-corrected chi connectivity index (χ4v) is 3.71. The maximum absolute atomic E-state index is 6.26. The van der Waals surface area contributed by atoms with E-state index in [2.05, 4.69) is 44.3 Å². The van der Waals surface area contributed by atoms with Gasteiger partial charge < -0.3 is 5.32 Å². The Hall–Kier alpha value is -0.530. The summed E-state index contributed by atoms with van der Waals surface area (Å²) in [6.07, 6.45) is 5.32. The van der Waals surface area contributed by atoms with Crippen molar-refractivity contribution in [2.45, 2.75) is 51.9 Å². The third-order valence-electron chi connectivity index (χ3n) is 4.53. The summed E-state index contributed by atoms with van der Waals surface area (Å²) in [4.78, 5) is 0. The molecule has 0 spiro atoms. The number of hydrogen-bond acceptors (Lipinski definition) is 1. The summed E-state index contributed by atoms with van der Waals surface area (Å²) >= 11 is 6.26. The summed E-state index contributed by atoms with van der Waals surface area (Å²) in [6.45, 7) is 8.64. The molecule has 2 unspecified atom stereocenters. The summed E-state index contributed by atoms with van der Waals surface area (Å²) in [5.74, 6) is 0.825. The Kier molecular flexibility index (Phi) is 4.92. The molecule has 1 aromatic carbocycles. The lowest BCUT2D eigenvalue weighted by Gasteiger charge is -2.29. The highest BCUT2D eigenvalue weighted by molar-refractivity contribution is 6.31. The van der Waals surface area contributed by atoms with E-state index in [9.17, 15) is 0 Å². The predicted octanol–water partition coefficient (Wildman–Crippen LogP) is 4.71. The lowest BCUT2D eigenvalue weighted by Crippen LogP contribution is -2.30. The topological polar surface area (TPSA) is 12.0 Å². The van der Waals surface area contributed by atoms with Crippen LogP contribution in [0.3, 0.4) is 0 Å². The lowest BCUT2D eigenvalue weighted by molar-refractivity contribution is 0.402. The van der Waals surface area contributed by atoms with Crippen molar-refractivity contribution in [1.29, 1.82) is 0 Å². The molecule has 1 saturated carbocycles. The molecule has 2 fully saturated rings. The van der Waals surface area contributed by atoms with Crippen LogP contribution in [0.25, 0.3) is 0 Å². The van der Waals surface area contributed by atoms with E-state index in [0.29, 0.717) is 5.41 Å². The molecule has 1 nitrogen and oxygen atoms in total. The first kappa shape index (κ1) is 14.9. The van der Waals surface area contributed by atoms with E-state index >= 15 is 0 Å². The molecule has 0 bridgehead atoms. The fourth-order valence-electron chi connectivity index (χ4n) is 3.53. The first-order chi connectivity index (χ1) is 9.14. The number of hydrogen-bond donors (Lipinski definition) is 1. The number of benzene rings is 1. The second kappa shape index (κ2) is 6.28. The molecule has 2 heteroatoms. The van der Waals surface area contributed by atoms with Crippen LogP contribution in [0.4, 0.5) is 0 Å². The number of halogens is 1. The van der Waals surface area contributed by atoms with Crippen molar-refractivity contribution in [1.82, 2.24) is 5.32 Å². The zero-order valence-electron chi connectivity index (χ0n) is 12.4. The maximum atomic E-state index is 6.26. The standard InChI is InChI=1S/C14H18ClN.C3H8/c1-10-4-5-11(7-13(10)15)14-6-2-3-12(14)8-16-9-14;1-3-2/h4-5,7,12,16H,2-3,6,8-9H2,1H3;3H2,1-2H3. The minimum Gasteiger partial charge on any atom is -0.316 e. The van der Waals surface area contributed by atoms with Crippen LogP contribution in [0.5, 0.6) is 0 Å². The van der Waals surface area contributed by atoms with E-state index in [1.165, 1.54) is 43.4 Å². The molecule has 3 rings (SSSR count). The predicted molar refractivity (Wildman–Crippen MR) is 84.0 cm³/mol. The smallest absolute Gasteiger partial charge is 0.0438 e. The Balaban J connectivity index is 0.000000408. The zero-order chi connectivity index (χ0) is 13.9. The van der Waals surface area contributed by atoms with E-state index in [-0.39, 0.29) is 0 Å². The summed E-state index contributed by atoms with van der Waals surface area (Å²) in [7, 11) is 0. The second-order valence-electron chi connectivity index (χ2n) is 6.05. The van der Waals surface area contributed by atoms with E-state index in [1.54, 1.807) is 0 Å². The zero-order valence-corrected chi connectivity index (χ0v) is 13.2. The van der Waals surface area contributed by atoms with Crippen molar-refractivity contribution in [2.75, 3.05) is 13.1 Å². The van der Waals surface area contributed by atoms with Gasteiger partial charge in [-0.1, -0.05) is 50.4 Å². The Labute approximate surface area is 122 Å². The molecule has 106 valence electrons. The number of aryl methyl sites for hydroxylation is 1. The van der Waals surface area contributed by atoms with E-state index < -0.39 is 0 Å². The monoisotopic (exact) mass is 279 g/mol. The van der Waals surface area contributed by atoms with Gasteiger partial charge in [0.1, 0.15) is 0 Å². The van der Waals surface area contributed by atoms with Gasteiger partial charge >= 0.3 is 0 Å². The molecule has 2 aliphatic rings. The molecule has 1 aliphatic heterocycles. The molecular weight excluding hydrogens is 254 g/mol. The maximum Gasteiger partial charge on any atom is 0.0438 e. The molecule has 0 radical (unpaired) electrons. The van der Waals surface area contributed by atoms with Gasteiger partial charge in [0.15, 0.2) is 0 Å². The molecule has 1 aliphatic carbocycles. The number of fused-ring (bicyclic) bond motifs is 1. The van der Waals surface area contributed by atoms with E-state index in [0.717, 1.165) is 17.5 Å². The average Bonchev–Trinajstić information content (AvgIpc) is 2.93. The fraction of sp³-hybridized carbons (Fsp3) is 0.647. The van der Waals surface area contributed by atoms with Crippen LogP contribution in [-0.2, 0) is 5.41 Å². The first-order valence-electron chi connectivity index (χ1n) is 7.61. The van der Waals surface area contributed by atoms with Crippen LogP contribution in [0, 0.1) is 12.8 Å². The Bertz CT molecular complexity index is 417. The van der Waals surface area contributed by atoms with Crippen LogP contribution >= 0.6 is 11.6 Å². The third-order valence-corrected chi connectivity index (χ3v) is 4.94. The van der Waals surface area contributed by atoms with Gasteiger partial charge in [-0.15, -0.1) is 0 Å². The summed E-state index contributed by atoms with van der Waals surface area (Å²) < 4.78 is 0. The van der Waals surface area contributed by atoms with Crippen molar-refractivity contribution < 1.29 is 0 Å². The van der Waals surface area contributed by atoms with Crippen LogP contribution in [0.2, 0.25) is 5.02 Å². The van der Waals surface area contributed by atoms with Gasteiger partial charge in [-0.05, 0) is 49.4 Å². The summed E-state index contributed by atoms with van der Waals surface area (Å²) in [6, 6.07) is 6.65. The van der Waals surface area contributed by atoms with Gasteiger partial charge in [0.05, 0.1) is 0 Å². The van der Waals surface area contributed by atoms with Gasteiger partial charge in [-0.3, -0.25) is 0 Å². The minimum atomic E-state index is 0.386. The molecule has 1 heterocycles. The first-order valence-corrected chi connectivity index (χ1v) is 7.99. The average molecular weight is 280 g/mol. The molecule has 0 amide bonds. The van der Waals surface area contributed by atoms with Gasteiger partial charge in [-0.25, -0.2) is 0 Å². The van der Waals surface area contributed by atoms with Crippen molar-refractivity contribution in [2.24, 2.45) is 5.92 Å². The van der Waals surface area contributed by atoms with Gasteiger partial charge in [0.2, 0.25) is 0 Å². The van der Waals surface area contributed by atoms with E-state index in [1.807, 2.05) is 0 Å². The lowest BCUT2D eigenvalue weighted by atomic mass is 9.74. The highest BCUT2D eigenvalue weighted by Gasteiger charge is 2.47. The highest BCUT2D eigenvalue weighted by atomic mass is 35.5. The van der Waals surface area contributed by atoms with Crippen molar-refractivity contribution >= 4 is 11.6 Å². The van der Waals surface area contributed by atoms with Gasteiger partial charge in [-0.2, -0.15) is 0 Å². The molecule has 0 aromatic heterocycles. The third kappa shape index (κ3) is 2.83. The molecular formula is C17H26ClN. The quantitative estimate of drug-likeness (QED) is 0.785. The van der Waals surface area contributed by atoms with Crippen molar-refractivity contribution in [3.05, 3.63) is 34.3 Å². The molecule has 1 saturated heterocycles. The highest BCUT2D eigenvalue weighted by Crippen LogP contribution is 2.48. The van der Waals surface area contributed by atoms with Gasteiger partial charge in [0.25, 0.3) is 0 Å². The second-order valence-corrected chi connectivity index (χ2v) is 6.45. The van der Waals surface area contributed by atoms with E-state index in [4.69, 9.17) is 11.6 Å². The molecule has 1 aromatic rings. The summed E-state index contributed by atoms with van der Waals surface area (Å²) in [5, 5.41) is 4.48. The Morgan fingerprint density at radius 2 is 2.11 bits per heavy atom. The van der Waals surface area contributed by atoms with Crippen LogP contribution in [0.15, 0.2) is 18.2 Å². The number of nitrogens with one attached hydrogen (secondary N) is 1. The van der Waals surface area contributed by atoms with Crippen molar-refractivity contribution in [3.8, 4) is 0 Å². The van der Waals surface area contributed by atoms with Crippen molar-refractivity contribution in [3.63, 3.8) is 0 Å². The number of rotatable bonds is 1. The Morgan fingerprint density at radius 3 is 2.79 bits per heavy atom. The summed E-state index contributed by atoms with van der Waals surface area (Å²) in [5.41, 5.74) is 3.02.